The number of rotatable bonds is 8. The fourth-order valence-electron chi connectivity index (χ4n) is 3.09. The van der Waals surface area contributed by atoms with E-state index in [0.717, 1.165) is 18.2 Å². The first-order valence-corrected chi connectivity index (χ1v) is 10.6. The van der Waals surface area contributed by atoms with E-state index >= 15 is 0 Å². The second-order valence-corrected chi connectivity index (χ2v) is 8.00. The number of nitrogens with one attached hydrogen (secondary N) is 3. The number of H-pyrrole nitrogens is 1. The molecule has 1 saturated heterocycles. The van der Waals surface area contributed by atoms with Crippen molar-refractivity contribution in [2.75, 3.05) is 12.9 Å². The van der Waals surface area contributed by atoms with Crippen molar-refractivity contribution in [1.82, 2.24) is 25.7 Å². The number of amides is 4. The van der Waals surface area contributed by atoms with Crippen LogP contribution in [0.4, 0.5) is 4.79 Å². The highest BCUT2D eigenvalue weighted by Gasteiger charge is 2.50. The summed E-state index contributed by atoms with van der Waals surface area (Å²) in [5.74, 6) is -0.732. The van der Waals surface area contributed by atoms with Crippen molar-refractivity contribution in [2.24, 2.45) is 0 Å². The first kappa shape index (κ1) is 22.3. The molecule has 31 heavy (non-hydrogen) atoms. The molecule has 1 aliphatic rings. The number of aryl methyl sites for hydroxylation is 1. The zero-order chi connectivity index (χ0) is 22.6. The Balaban J connectivity index is 1.65. The van der Waals surface area contributed by atoms with Crippen LogP contribution in [0.2, 0.25) is 0 Å². The van der Waals surface area contributed by atoms with Gasteiger partial charge in [-0.05, 0) is 31.0 Å². The third-order valence-electron chi connectivity index (χ3n) is 4.71. The number of thioether (sulfide) groups is 1. The third-order valence-corrected chi connectivity index (χ3v) is 5.59. The highest BCUT2D eigenvalue weighted by atomic mass is 32.2. The van der Waals surface area contributed by atoms with E-state index in [1.165, 1.54) is 13.2 Å². The van der Waals surface area contributed by atoms with Gasteiger partial charge in [0.25, 0.3) is 11.5 Å². The Morgan fingerprint density at radius 2 is 1.97 bits per heavy atom. The molecule has 0 unspecified atom stereocenters. The summed E-state index contributed by atoms with van der Waals surface area (Å²) >= 11 is 1.01. The molecular weight excluding hydrogens is 422 g/mol. The largest absolute Gasteiger partial charge is 0.497 e. The molecule has 2 heterocycles. The van der Waals surface area contributed by atoms with Crippen LogP contribution in [0.3, 0.4) is 0 Å². The smallest absolute Gasteiger partial charge is 0.344 e. The number of carbonyl (C=O) groups excluding carboxylic acids is 3. The van der Waals surface area contributed by atoms with E-state index in [0.29, 0.717) is 33.6 Å². The number of carbonyl (C=O) groups is 3. The molecule has 0 bridgehead atoms. The molecule has 4 amide bonds. The molecule has 0 spiro atoms. The SMILES string of the molecule is CCCc1cc(=O)[nH]c(SCC(=O)NN2C(=O)N[C@@](C)(c3ccc(OC)cc3)C2=O)n1. The number of ether oxygens (including phenoxy) is 1. The molecule has 164 valence electrons. The number of imide groups is 1. The van der Waals surface area contributed by atoms with Crippen molar-refractivity contribution >= 4 is 29.6 Å². The van der Waals surface area contributed by atoms with Crippen LogP contribution in [0.25, 0.3) is 0 Å². The standard InChI is InChI=1S/C20H23N5O5S/c1-4-5-13-10-15(26)22-18(21-13)31-11-16(27)24-25-17(28)20(2,23-19(25)29)12-6-8-14(30-3)9-7-12/h6-10H,4-5,11H2,1-3H3,(H,23,29)(H,24,27)(H,21,22,26)/t20-/m0/s1. The number of aromatic nitrogens is 2. The van der Waals surface area contributed by atoms with Crippen LogP contribution < -0.4 is 21.0 Å². The average Bonchev–Trinajstić information content (AvgIpc) is 2.96. The van der Waals surface area contributed by atoms with Crippen LogP contribution in [0.1, 0.15) is 31.5 Å². The molecular formula is C20H23N5O5S. The molecule has 10 nitrogen and oxygen atoms in total. The average molecular weight is 446 g/mol. The number of nitrogens with zero attached hydrogens (tertiary/aromatic N) is 2. The van der Waals surface area contributed by atoms with Gasteiger partial charge in [-0.1, -0.05) is 37.2 Å². The summed E-state index contributed by atoms with van der Waals surface area (Å²) in [5, 5.41) is 3.57. The molecule has 0 aliphatic carbocycles. The Morgan fingerprint density at radius 1 is 1.26 bits per heavy atom. The van der Waals surface area contributed by atoms with Crippen molar-refractivity contribution in [2.45, 2.75) is 37.4 Å². The van der Waals surface area contributed by atoms with Gasteiger partial charge in [0.15, 0.2) is 5.16 Å². The second-order valence-electron chi connectivity index (χ2n) is 7.04. The molecule has 1 atom stereocenters. The lowest BCUT2D eigenvalue weighted by Crippen LogP contribution is -2.48. The van der Waals surface area contributed by atoms with E-state index in [4.69, 9.17) is 4.74 Å². The first-order valence-electron chi connectivity index (χ1n) is 9.60. The Kier molecular flexibility index (Phi) is 6.64. The van der Waals surface area contributed by atoms with Crippen molar-refractivity contribution < 1.29 is 19.1 Å². The lowest BCUT2D eigenvalue weighted by atomic mass is 9.92. The number of aromatic amines is 1. The lowest BCUT2D eigenvalue weighted by molar-refractivity contribution is -0.138. The molecule has 3 rings (SSSR count). The zero-order valence-corrected chi connectivity index (χ0v) is 18.2. The predicted molar refractivity (Wildman–Crippen MR) is 113 cm³/mol. The predicted octanol–water partition coefficient (Wildman–Crippen LogP) is 1.32. The number of methoxy groups -OCH3 is 1. The van der Waals surface area contributed by atoms with Gasteiger partial charge in [-0.3, -0.25) is 19.8 Å². The van der Waals surface area contributed by atoms with Gasteiger partial charge in [-0.15, -0.1) is 0 Å². The normalized spacial score (nSPS) is 18.1. The van der Waals surface area contributed by atoms with Gasteiger partial charge in [0.05, 0.1) is 12.9 Å². The topological polar surface area (TPSA) is 133 Å². The van der Waals surface area contributed by atoms with E-state index in [1.807, 2.05) is 6.92 Å². The van der Waals surface area contributed by atoms with Gasteiger partial charge in [0.2, 0.25) is 5.91 Å². The van der Waals surface area contributed by atoms with Crippen LogP contribution in [-0.4, -0.2) is 45.7 Å². The number of hydrogen-bond donors (Lipinski definition) is 3. The monoisotopic (exact) mass is 445 g/mol. The van der Waals surface area contributed by atoms with Gasteiger partial charge in [-0.25, -0.2) is 9.78 Å². The maximum absolute atomic E-state index is 12.9. The van der Waals surface area contributed by atoms with E-state index in [1.54, 1.807) is 31.2 Å². The minimum Gasteiger partial charge on any atom is -0.497 e. The summed E-state index contributed by atoms with van der Waals surface area (Å²) in [7, 11) is 1.53. The number of hydrogen-bond acceptors (Lipinski definition) is 7. The molecule has 1 aliphatic heterocycles. The molecule has 1 aromatic carbocycles. The number of hydrazine groups is 1. The molecule has 11 heteroatoms. The van der Waals surface area contributed by atoms with E-state index < -0.39 is 23.4 Å². The maximum Gasteiger partial charge on any atom is 0.344 e. The molecule has 2 aromatic rings. The van der Waals surface area contributed by atoms with E-state index in [2.05, 4.69) is 20.7 Å². The van der Waals surface area contributed by atoms with Crippen LogP contribution in [0, 0.1) is 0 Å². The minimum atomic E-state index is -1.33. The Morgan fingerprint density at radius 3 is 2.61 bits per heavy atom. The van der Waals surface area contributed by atoms with Crippen LogP contribution in [0.15, 0.2) is 40.3 Å². The molecule has 0 radical (unpaired) electrons. The van der Waals surface area contributed by atoms with Crippen molar-refractivity contribution in [3.63, 3.8) is 0 Å². The molecule has 1 aromatic heterocycles. The summed E-state index contributed by atoms with van der Waals surface area (Å²) in [4.78, 5) is 56.2. The number of benzene rings is 1. The van der Waals surface area contributed by atoms with Gasteiger partial charge in [0, 0.05) is 11.8 Å². The Hall–Kier alpha value is -3.34. The summed E-state index contributed by atoms with van der Waals surface area (Å²) in [6.07, 6.45) is 1.48. The second kappa shape index (κ2) is 9.21. The van der Waals surface area contributed by atoms with Gasteiger partial charge >= 0.3 is 6.03 Å². The maximum atomic E-state index is 12.9. The third kappa shape index (κ3) is 4.88. The summed E-state index contributed by atoms with van der Waals surface area (Å²) < 4.78 is 5.11. The van der Waals surface area contributed by atoms with Gasteiger partial charge in [0.1, 0.15) is 11.3 Å². The van der Waals surface area contributed by atoms with E-state index in [-0.39, 0.29) is 11.3 Å². The summed E-state index contributed by atoms with van der Waals surface area (Å²) in [6, 6.07) is 7.38. The fraction of sp³-hybridized carbons (Fsp3) is 0.350. The molecule has 1 fully saturated rings. The zero-order valence-electron chi connectivity index (χ0n) is 17.4. The molecule has 0 saturated carbocycles. The molecule has 3 N–H and O–H groups in total. The highest BCUT2D eigenvalue weighted by Crippen LogP contribution is 2.29. The van der Waals surface area contributed by atoms with Crippen molar-refractivity contribution in [3.05, 3.63) is 51.9 Å². The summed E-state index contributed by atoms with van der Waals surface area (Å²) in [5.41, 5.74) is 1.88. The quantitative estimate of drug-likeness (QED) is 0.317. The fourth-order valence-corrected chi connectivity index (χ4v) is 3.77. The van der Waals surface area contributed by atoms with Gasteiger partial charge in [-0.2, -0.15) is 5.01 Å². The van der Waals surface area contributed by atoms with Crippen LogP contribution in [-0.2, 0) is 21.5 Å². The van der Waals surface area contributed by atoms with Gasteiger partial charge < -0.3 is 15.0 Å². The lowest BCUT2D eigenvalue weighted by Gasteiger charge is -2.22. The van der Waals surface area contributed by atoms with E-state index in [9.17, 15) is 19.2 Å². The Bertz CT molecular complexity index is 1050. The van der Waals surface area contributed by atoms with Crippen molar-refractivity contribution in [1.29, 1.82) is 0 Å². The van der Waals surface area contributed by atoms with Crippen LogP contribution >= 0.6 is 11.8 Å². The Labute approximate surface area is 182 Å². The van der Waals surface area contributed by atoms with Crippen molar-refractivity contribution in [3.8, 4) is 5.75 Å². The summed E-state index contributed by atoms with van der Waals surface area (Å²) in [6.45, 7) is 3.53. The van der Waals surface area contributed by atoms with Crippen LogP contribution in [0.5, 0.6) is 5.75 Å². The minimum absolute atomic E-state index is 0.144. The first-order chi connectivity index (χ1) is 14.8. The highest BCUT2D eigenvalue weighted by molar-refractivity contribution is 7.99. The number of urea groups is 1.